The van der Waals surface area contributed by atoms with Gasteiger partial charge in [-0.3, -0.25) is 0 Å². The third-order valence-corrected chi connectivity index (χ3v) is 5.48. The van der Waals surface area contributed by atoms with Crippen LogP contribution >= 0.6 is 12.2 Å². The van der Waals surface area contributed by atoms with Gasteiger partial charge in [0, 0.05) is 22.9 Å². The van der Waals surface area contributed by atoms with Crippen molar-refractivity contribution in [1.29, 1.82) is 0 Å². The summed E-state index contributed by atoms with van der Waals surface area (Å²) in [4.78, 5) is 4.87. The van der Waals surface area contributed by atoms with Crippen LogP contribution in [0.25, 0.3) is 11.4 Å². The molecule has 0 N–H and O–H groups in total. The average Bonchev–Trinajstić information content (AvgIpc) is 3.06. The maximum absolute atomic E-state index is 5.60. The molecule has 1 aromatic heterocycles. The molecule has 2 aliphatic carbocycles. The molecular formula is C19H22N2S. The molecule has 0 amide bonds. The van der Waals surface area contributed by atoms with E-state index < -0.39 is 0 Å². The van der Waals surface area contributed by atoms with Gasteiger partial charge in [-0.2, -0.15) is 0 Å². The highest BCUT2D eigenvalue weighted by Crippen LogP contribution is 2.36. The monoisotopic (exact) mass is 310 g/mol. The van der Waals surface area contributed by atoms with Crippen molar-refractivity contribution in [2.24, 2.45) is 0 Å². The first-order valence-electron chi connectivity index (χ1n) is 8.54. The van der Waals surface area contributed by atoms with Crippen LogP contribution in [0.3, 0.4) is 0 Å². The van der Waals surface area contributed by atoms with Crippen molar-refractivity contribution in [3.63, 3.8) is 0 Å². The van der Waals surface area contributed by atoms with Crippen molar-refractivity contribution in [3.05, 3.63) is 46.2 Å². The Morgan fingerprint density at radius 1 is 0.955 bits per heavy atom. The molecule has 2 nitrogen and oxygen atoms in total. The molecule has 0 unspecified atom stereocenters. The second kappa shape index (κ2) is 5.96. The first-order valence-corrected chi connectivity index (χ1v) is 8.95. The molecule has 1 aromatic carbocycles. The molecule has 0 radical (unpaired) electrons. The van der Waals surface area contributed by atoms with E-state index in [0.717, 1.165) is 23.3 Å². The number of nitrogens with zero attached hydrogens (tertiary/aromatic N) is 2. The first-order chi connectivity index (χ1) is 10.8. The van der Waals surface area contributed by atoms with Gasteiger partial charge in [0.2, 0.25) is 0 Å². The zero-order valence-corrected chi connectivity index (χ0v) is 13.7. The van der Waals surface area contributed by atoms with E-state index in [9.17, 15) is 0 Å². The van der Waals surface area contributed by atoms with E-state index in [2.05, 4.69) is 34.9 Å². The van der Waals surface area contributed by atoms with Crippen molar-refractivity contribution in [1.82, 2.24) is 9.55 Å². The van der Waals surface area contributed by atoms with Crippen LogP contribution in [0.15, 0.2) is 30.3 Å². The molecule has 114 valence electrons. The fraction of sp³-hybridized carbons (Fsp3) is 0.474. The van der Waals surface area contributed by atoms with Gasteiger partial charge < -0.3 is 4.57 Å². The Kier molecular flexibility index (Phi) is 3.83. The van der Waals surface area contributed by atoms with Crippen molar-refractivity contribution in [3.8, 4) is 11.4 Å². The van der Waals surface area contributed by atoms with Gasteiger partial charge in [0.05, 0.1) is 0 Å². The summed E-state index contributed by atoms with van der Waals surface area (Å²) in [6.07, 6.45) is 10.1. The van der Waals surface area contributed by atoms with Gasteiger partial charge >= 0.3 is 0 Å². The zero-order valence-electron chi connectivity index (χ0n) is 12.9. The van der Waals surface area contributed by atoms with E-state index in [1.165, 1.54) is 55.3 Å². The lowest BCUT2D eigenvalue weighted by Gasteiger charge is -2.29. The summed E-state index contributed by atoms with van der Waals surface area (Å²) in [5.74, 6) is 1.10. The third-order valence-electron chi connectivity index (χ3n) is 5.15. The van der Waals surface area contributed by atoms with Crippen LogP contribution in [0.5, 0.6) is 0 Å². The van der Waals surface area contributed by atoms with E-state index in [1.807, 2.05) is 0 Å². The number of hydrogen-bond acceptors (Lipinski definition) is 2. The van der Waals surface area contributed by atoms with Crippen molar-refractivity contribution < 1.29 is 0 Å². The molecule has 1 saturated carbocycles. The highest BCUT2D eigenvalue weighted by molar-refractivity contribution is 7.71. The second-order valence-corrected chi connectivity index (χ2v) is 6.93. The summed E-state index contributed by atoms with van der Waals surface area (Å²) in [5.41, 5.74) is 4.03. The minimum Gasteiger partial charge on any atom is -0.326 e. The van der Waals surface area contributed by atoms with Crippen LogP contribution in [-0.4, -0.2) is 9.55 Å². The molecule has 2 aromatic rings. The van der Waals surface area contributed by atoms with Crippen LogP contribution in [-0.2, 0) is 12.8 Å². The van der Waals surface area contributed by atoms with Crippen LogP contribution < -0.4 is 0 Å². The lowest BCUT2D eigenvalue weighted by atomic mass is 9.94. The largest absolute Gasteiger partial charge is 0.326 e. The van der Waals surface area contributed by atoms with Crippen molar-refractivity contribution in [2.45, 2.75) is 57.4 Å². The molecule has 2 aliphatic rings. The van der Waals surface area contributed by atoms with Crippen molar-refractivity contribution in [2.75, 3.05) is 0 Å². The van der Waals surface area contributed by atoms with Crippen LogP contribution in [0, 0.1) is 4.64 Å². The predicted molar refractivity (Wildman–Crippen MR) is 92.6 cm³/mol. The van der Waals surface area contributed by atoms with Gasteiger partial charge in [-0.1, -0.05) is 61.8 Å². The Morgan fingerprint density at radius 3 is 2.50 bits per heavy atom. The molecule has 0 bridgehead atoms. The smallest absolute Gasteiger partial charge is 0.142 e. The minimum atomic E-state index is 0.610. The average molecular weight is 310 g/mol. The van der Waals surface area contributed by atoms with Gasteiger partial charge in [-0.15, -0.1) is 0 Å². The maximum atomic E-state index is 5.60. The summed E-state index contributed by atoms with van der Waals surface area (Å²) in [6, 6.07) is 11.2. The molecule has 22 heavy (non-hydrogen) atoms. The number of rotatable bonds is 2. The molecule has 0 aliphatic heterocycles. The summed E-state index contributed by atoms with van der Waals surface area (Å²) in [7, 11) is 0. The molecule has 4 rings (SSSR count). The summed E-state index contributed by atoms with van der Waals surface area (Å²) >= 11 is 5.60. The highest BCUT2D eigenvalue weighted by Gasteiger charge is 2.26. The Morgan fingerprint density at radius 2 is 1.73 bits per heavy atom. The molecule has 1 fully saturated rings. The van der Waals surface area contributed by atoms with E-state index in [0.29, 0.717) is 6.04 Å². The number of aromatic nitrogens is 2. The number of fused-ring (bicyclic) bond motifs is 1. The molecule has 1 heterocycles. The lowest BCUT2D eigenvalue weighted by Crippen LogP contribution is -2.20. The number of benzene rings is 1. The van der Waals surface area contributed by atoms with E-state index in [1.54, 1.807) is 0 Å². The summed E-state index contributed by atoms with van der Waals surface area (Å²) in [5, 5.41) is 0. The predicted octanol–water partition coefficient (Wildman–Crippen LogP) is 5.27. The standard InChI is InChI=1S/C19H22N2S/c22-19-16-12-7-13-17(16)21(15-10-5-2-6-11-15)18(20-19)14-8-3-1-4-9-14/h1,3-4,8-9,15H,2,5-7,10-13H2. The number of hydrogen-bond donors (Lipinski definition) is 0. The second-order valence-electron chi connectivity index (χ2n) is 6.55. The third kappa shape index (κ3) is 2.41. The van der Waals surface area contributed by atoms with Gasteiger partial charge in [-0.05, 0) is 32.1 Å². The maximum Gasteiger partial charge on any atom is 0.142 e. The molecular weight excluding hydrogens is 288 g/mol. The molecule has 0 atom stereocenters. The highest BCUT2D eigenvalue weighted by atomic mass is 32.1. The quantitative estimate of drug-likeness (QED) is 0.703. The fourth-order valence-corrected chi connectivity index (χ4v) is 4.40. The van der Waals surface area contributed by atoms with Crippen molar-refractivity contribution >= 4 is 12.2 Å². The van der Waals surface area contributed by atoms with Gasteiger partial charge in [0.25, 0.3) is 0 Å². The molecule has 0 saturated heterocycles. The Balaban J connectivity index is 1.93. The van der Waals surface area contributed by atoms with E-state index in [-0.39, 0.29) is 0 Å². The van der Waals surface area contributed by atoms with Gasteiger partial charge in [0.15, 0.2) is 0 Å². The summed E-state index contributed by atoms with van der Waals surface area (Å²) < 4.78 is 3.39. The first kappa shape index (κ1) is 14.1. The Hall–Kier alpha value is -1.48. The minimum absolute atomic E-state index is 0.610. The molecule has 3 heteroatoms. The van der Waals surface area contributed by atoms with E-state index in [4.69, 9.17) is 17.2 Å². The van der Waals surface area contributed by atoms with Crippen LogP contribution in [0.1, 0.15) is 55.8 Å². The molecule has 0 spiro atoms. The normalized spacial score (nSPS) is 18.4. The Bertz CT molecular complexity index is 727. The topological polar surface area (TPSA) is 17.8 Å². The van der Waals surface area contributed by atoms with E-state index >= 15 is 0 Å². The fourth-order valence-electron chi connectivity index (χ4n) is 4.09. The Labute approximate surface area is 137 Å². The van der Waals surface area contributed by atoms with Crippen LogP contribution in [0.4, 0.5) is 0 Å². The lowest BCUT2D eigenvalue weighted by molar-refractivity contribution is 0.346. The summed E-state index contributed by atoms with van der Waals surface area (Å²) in [6.45, 7) is 0. The zero-order chi connectivity index (χ0) is 14.9. The van der Waals surface area contributed by atoms with Gasteiger partial charge in [0.1, 0.15) is 10.5 Å². The SMILES string of the molecule is S=c1nc(-c2ccccc2)n(C2CCCCC2)c2c1CCC2. The van der Waals surface area contributed by atoms with Gasteiger partial charge in [-0.25, -0.2) is 4.98 Å². The van der Waals surface area contributed by atoms with Crippen LogP contribution in [0.2, 0.25) is 0 Å².